The van der Waals surface area contributed by atoms with Crippen LogP contribution in [0.25, 0.3) is 0 Å². The smallest absolute Gasteiger partial charge is 0.332 e. The van der Waals surface area contributed by atoms with Gasteiger partial charge in [0.15, 0.2) is 0 Å². The highest BCUT2D eigenvalue weighted by atomic mass is 32.2. The third-order valence-corrected chi connectivity index (χ3v) is 5.10. The molecule has 1 aromatic heterocycles. The van der Waals surface area contributed by atoms with Crippen LogP contribution in [0.15, 0.2) is 35.5 Å². The van der Waals surface area contributed by atoms with Crippen molar-refractivity contribution in [3.05, 3.63) is 53.1 Å². The van der Waals surface area contributed by atoms with Gasteiger partial charge in [-0.2, -0.15) is 0 Å². The predicted octanol–water partition coefficient (Wildman–Crippen LogP) is 3.57. The second-order valence-electron chi connectivity index (χ2n) is 6.20. The molecule has 1 aliphatic rings. The second kappa shape index (κ2) is 7.33. The summed E-state index contributed by atoms with van der Waals surface area (Å²) in [6.07, 6.45) is 2.67. The molecule has 2 N–H and O–H groups in total. The van der Waals surface area contributed by atoms with Crippen LogP contribution in [-0.4, -0.2) is 27.8 Å². The Morgan fingerprint density at radius 1 is 1.38 bits per heavy atom. The van der Waals surface area contributed by atoms with Gasteiger partial charge in [-0.3, -0.25) is 14.1 Å². The molecule has 2 heterocycles. The van der Waals surface area contributed by atoms with Gasteiger partial charge in [0.1, 0.15) is 12.4 Å². The van der Waals surface area contributed by atoms with Gasteiger partial charge in [-0.25, -0.2) is 9.18 Å². The van der Waals surface area contributed by atoms with Crippen LogP contribution in [0.5, 0.6) is 0 Å². The van der Waals surface area contributed by atoms with E-state index >= 15 is 0 Å². The van der Waals surface area contributed by atoms with E-state index in [4.69, 9.17) is 0 Å². The summed E-state index contributed by atoms with van der Waals surface area (Å²) in [7, 11) is 0. The molecule has 8 heteroatoms. The topological polar surface area (TPSA) is 74.3 Å². The molecule has 3 amide bonds. The molecule has 26 heavy (non-hydrogen) atoms. The lowest BCUT2D eigenvalue weighted by atomic mass is 10.0. The number of carbonyl (C=O) groups excluding carboxylic acids is 2. The van der Waals surface area contributed by atoms with Gasteiger partial charge in [-0.05, 0) is 56.0 Å². The van der Waals surface area contributed by atoms with Crippen molar-refractivity contribution in [2.45, 2.75) is 31.7 Å². The molecule has 0 spiro atoms. The third-order valence-electron chi connectivity index (χ3n) is 4.05. The van der Waals surface area contributed by atoms with E-state index in [1.807, 2.05) is 25.1 Å². The van der Waals surface area contributed by atoms with Crippen molar-refractivity contribution < 1.29 is 14.0 Å². The second-order valence-corrected chi connectivity index (χ2v) is 7.26. The Bertz CT molecular complexity index is 854. The average molecular weight is 374 g/mol. The summed E-state index contributed by atoms with van der Waals surface area (Å²) in [5.74, 6) is -0.834. The molecule has 1 aliphatic heterocycles. The number of aryl methyl sites for hydroxylation is 2. The van der Waals surface area contributed by atoms with Gasteiger partial charge in [-0.15, -0.1) is 0 Å². The zero-order chi connectivity index (χ0) is 18.8. The number of aromatic nitrogens is 1. The van der Waals surface area contributed by atoms with E-state index in [1.165, 1.54) is 16.3 Å². The number of hydrogen-bond donors (Lipinski definition) is 2. The standard InChI is InChI=1S/C18H19FN4O2S/c1-10-4-5-14-15(6-10)26-23(18(25)22-14)9-16(24)21-12(3)17-11(2)7-20-8-13(17)19/h4-8,12H,9H2,1-3H3,(H,21,24)(H,22,25). The Labute approximate surface area is 155 Å². The summed E-state index contributed by atoms with van der Waals surface area (Å²) < 4.78 is 15.3. The molecular weight excluding hydrogens is 355 g/mol. The highest BCUT2D eigenvalue weighted by molar-refractivity contribution is 7.97. The maximum Gasteiger partial charge on any atom is 0.332 e. The summed E-state index contributed by atoms with van der Waals surface area (Å²) in [5, 5.41) is 5.50. The number of pyridine rings is 1. The number of rotatable bonds is 4. The average Bonchev–Trinajstić information content (AvgIpc) is 2.55. The number of nitrogens with zero attached hydrogens (tertiary/aromatic N) is 2. The van der Waals surface area contributed by atoms with Crippen LogP contribution < -0.4 is 10.6 Å². The van der Waals surface area contributed by atoms with Crippen LogP contribution in [-0.2, 0) is 4.79 Å². The van der Waals surface area contributed by atoms with E-state index in [-0.39, 0.29) is 18.5 Å². The first-order valence-corrected chi connectivity index (χ1v) is 8.89. The molecule has 0 saturated heterocycles. The molecule has 3 rings (SSSR count). The molecule has 0 fully saturated rings. The Hall–Kier alpha value is -2.61. The number of halogens is 1. The zero-order valence-electron chi connectivity index (χ0n) is 14.7. The van der Waals surface area contributed by atoms with Crippen molar-refractivity contribution in [2.24, 2.45) is 0 Å². The van der Waals surface area contributed by atoms with Gasteiger partial charge >= 0.3 is 6.03 Å². The fraction of sp³-hybridized carbons (Fsp3) is 0.278. The molecule has 6 nitrogen and oxygen atoms in total. The molecule has 1 unspecified atom stereocenters. The van der Waals surface area contributed by atoms with Gasteiger partial charge < -0.3 is 10.6 Å². The molecule has 2 aromatic rings. The number of hydrogen-bond acceptors (Lipinski definition) is 4. The molecule has 136 valence electrons. The fourth-order valence-corrected chi connectivity index (χ4v) is 3.83. The number of anilines is 1. The van der Waals surface area contributed by atoms with E-state index in [2.05, 4.69) is 15.6 Å². The van der Waals surface area contributed by atoms with E-state index in [1.54, 1.807) is 20.0 Å². The molecule has 0 bridgehead atoms. The van der Waals surface area contributed by atoms with E-state index in [0.29, 0.717) is 11.1 Å². The Morgan fingerprint density at radius 2 is 2.15 bits per heavy atom. The van der Waals surface area contributed by atoms with Crippen LogP contribution in [0, 0.1) is 19.7 Å². The summed E-state index contributed by atoms with van der Waals surface area (Å²) >= 11 is 1.21. The Balaban J connectivity index is 1.67. The summed E-state index contributed by atoms with van der Waals surface area (Å²) in [4.78, 5) is 29.2. The van der Waals surface area contributed by atoms with E-state index < -0.39 is 11.9 Å². The van der Waals surface area contributed by atoms with Gasteiger partial charge in [-0.1, -0.05) is 6.07 Å². The lowest BCUT2D eigenvalue weighted by Crippen LogP contribution is -2.41. The normalized spacial score (nSPS) is 14.5. The number of benzene rings is 1. The predicted molar refractivity (Wildman–Crippen MR) is 98.3 cm³/mol. The van der Waals surface area contributed by atoms with Crippen LogP contribution >= 0.6 is 11.9 Å². The fourth-order valence-electron chi connectivity index (χ4n) is 2.83. The quantitative estimate of drug-likeness (QED) is 0.803. The van der Waals surface area contributed by atoms with Gasteiger partial charge in [0.05, 0.1) is 22.8 Å². The summed E-state index contributed by atoms with van der Waals surface area (Å²) in [6.45, 7) is 5.26. The molecular formula is C18H19FN4O2S. The van der Waals surface area contributed by atoms with Crippen LogP contribution in [0.4, 0.5) is 14.9 Å². The zero-order valence-corrected chi connectivity index (χ0v) is 15.5. The van der Waals surface area contributed by atoms with Gasteiger partial charge in [0.2, 0.25) is 5.91 Å². The molecule has 0 saturated carbocycles. The van der Waals surface area contributed by atoms with Crippen LogP contribution in [0.3, 0.4) is 0 Å². The van der Waals surface area contributed by atoms with Crippen molar-refractivity contribution in [3.8, 4) is 0 Å². The number of carbonyl (C=O) groups is 2. The first-order chi connectivity index (χ1) is 12.3. The summed E-state index contributed by atoms with van der Waals surface area (Å²) in [5.41, 5.74) is 2.84. The highest BCUT2D eigenvalue weighted by Crippen LogP contribution is 2.35. The minimum Gasteiger partial charge on any atom is -0.348 e. The number of nitrogens with one attached hydrogen (secondary N) is 2. The van der Waals surface area contributed by atoms with Crippen molar-refractivity contribution >= 4 is 29.6 Å². The largest absolute Gasteiger partial charge is 0.348 e. The minimum absolute atomic E-state index is 0.139. The first kappa shape index (κ1) is 18.2. The van der Waals surface area contributed by atoms with E-state index in [9.17, 15) is 14.0 Å². The lowest BCUT2D eigenvalue weighted by Gasteiger charge is -2.28. The lowest BCUT2D eigenvalue weighted by molar-refractivity contribution is -0.121. The number of amides is 3. The first-order valence-electron chi connectivity index (χ1n) is 8.11. The molecule has 1 aromatic carbocycles. The van der Waals surface area contributed by atoms with Crippen molar-refractivity contribution in [2.75, 3.05) is 11.9 Å². The number of fused-ring (bicyclic) bond motifs is 1. The van der Waals surface area contributed by atoms with Crippen LogP contribution in [0.1, 0.15) is 29.7 Å². The Kier molecular flexibility index (Phi) is 5.13. The van der Waals surface area contributed by atoms with Crippen molar-refractivity contribution in [1.82, 2.24) is 14.6 Å². The maximum atomic E-state index is 14.0. The minimum atomic E-state index is -0.530. The van der Waals surface area contributed by atoms with Crippen molar-refractivity contribution in [1.29, 1.82) is 0 Å². The Morgan fingerprint density at radius 3 is 2.88 bits per heavy atom. The molecule has 0 radical (unpaired) electrons. The van der Waals surface area contributed by atoms with Gasteiger partial charge in [0, 0.05) is 11.8 Å². The number of urea groups is 1. The monoisotopic (exact) mass is 374 g/mol. The highest BCUT2D eigenvalue weighted by Gasteiger charge is 2.26. The SMILES string of the molecule is Cc1ccc2c(c1)SN(CC(=O)NC(C)c1c(C)cncc1F)C(=O)N2. The molecule has 0 aliphatic carbocycles. The maximum absolute atomic E-state index is 14.0. The van der Waals surface area contributed by atoms with E-state index in [0.717, 1.165) is 22.3 Å². The van der Waals surface area contributed by atoms with Crippen LogP contribution in [0.2, 0.25) is 0 Å². The van der Waals surface area contributed by atoms with Gasteiger partial charge in [0.25, 0.3) is 0 Å². The summed E-state index contributed by atoms with van der Waals surface area (Å²) in [6, 6.07) is 4.81. The molecule has 1 atom stereocenters. The third kappa shape index (κ3) is 3.80. The van der Waals surface area contributed by atoms with Crippen molar-refractivity contribution in [3.63, 3.8) is 0 Å².